The molecule has 0 spiro atoms. The molecule has 0 amide bonds. The first-order valence-electron chi connectivity index (χ1n) is 6.98. The van der Waals surface area contributed by atoms with Crippen molar-refractivity contribution in [3.05, 3.63) is 0 Å². The Kier molecular flexibility index (Phi) is 4.94. The predicted molar refractivity (Wildman–Crippen MR) is 76.4 cm³/mol. The van der Waals surface area contributed by atoms with Crippen LogP contribution in [0.25, 0.3) is 0 Å². The van der Waals surface area contributed by atoms with Gasteiger partial charge in [0.25, 0.3) is 0 Å². The molecule has 0 aliphatic carbocycles. The molecule has 2 rings (SSSR count). The molecule has 0 saturated carbocycles. The van der Waals surface area contributed by atoms with Crippen molar-refractivity contribution in [2.75, 3.05) is 32.2 Å². The monoisotopic (exact) mass is 281 g/mol. The quantitative estimate of drug-likeness (QED) is 0.829. The molecule has 1 aromatic rings. The molecule has 1 aliphatic heterocycles. The van der Waals surface area contributed by atoms with Crippen LogP contribution in [0.1, 0.15) is 26.7 Å². The maximum atomic E-state index is 5.11. The van der Waals surface area contributed by atoms with Gasteiger partial charge in [0.15, 0.2) is 0 Å². The molecule has 2 heterocycles. The van der Waals surface area contributed by atoms with Gasteiger partial charge in [0.2, 0.25) is 5.95 Å². The number of nitrogens with one attached hydrogen (secondary N) is 1. The second-order valence-corrected chi connectivity index (χ2v) is 5.15. The van der Waals surface area contributed by atoms with Crippen molar-refractivity contribution in [2.45, 2.75) is 38.8 Å². The third-order valence-electron chi connectivity index (χ3n) is 3.41. The second-order valence-electron chi connectivity index (χ2n) is 5.15. The summed E-state index contributed by atoms with van der Waals surface area (Å²) in [5.41, 5.74) is 0. The summed E-state index contributed by atoms with van der Waals surface area (Å²) in [5.74, 6) is 0.595. The van der Waals surface area contributed by atoms with Crippen molar-refractivity contribution in [3.63, 3.8) is 0 Å². The number of rotatable bonds is 6. The maximum Gasteiger partial charge on any atom is 0.324 e. The van der Waals surface area contributed by atoms with Crippen LogP contribution in [0.15, 0.2) is 0 Å². The minimum Gasteiger partial charge on any atom is -0.467 e. The Morgan fingerprint density at radius 3 is 2.30 bits per heavy atom. The minimum atomic E-state index is 0.275. The number of aromatic nitrogens is 3. The number of nitrogens with zero attached hydrogens (tertiary/aromatic N) is 4. The fraction of sp³-hybridized carbons (Fsp3) is 0.769. The summed E-state index contributed by atoms with van der Waals surface area (Å²) in [6.45, 7) is 6.20. The first-order chi connectivity index (χ1) is 9.63. The van der Waals surface area contributed by atoms with Gasteiger partial charge in [0.05, 0.1) is 14.2 Å². The molecule has 112 valence electrons. The van der Waals surface area contributed by atoms with Gasteiger partial charge in [-0.05, 0) is 33.2 Å². The zero-order valence-electron chi connectivity index (χ0n) is 12.6. The Hall–Kier alpha value is -1.63. The number of anilines is 1. The van der Waals surface area contributed by atoms with Gasteiger partial charge in [-0.1, -0.05) is 0 Å². The van der Waals surface area contributed by atoms with E-state index in [9.17, 15) is 0 Å². The smallest absolute Gasteiger partial charge is 0.324 e. The lowest BCUT2D eigenvalue weighted by atomic mass is 10.2. The normalized spacial score (nSPS) is 18.4. The Bertz CT molecular complexity index is 413. The summed E-state index contributed by atoms with van der Waals surface area (Å²) >= 11 is 0. The Labute approximate surface area is 119 Å². The maximum absolute atomic E-state index is 5.11. The Morgan fingerprint density at radius 1 is 1.20 bits per heavy atom. The Balaban J connectivity index is 2.23. The number of ether oxygens (including phenoxy) is 2. The van der Waals surface area contributed by atoms with Gasteiger partial charge in [-0.25, -0.2) is 0 Å². The summed E-state index contributed by atoms with van der Waals surface area (Å²) in [6, 6.07) is 1.31. The van der Waals surface area contributed by atoms with Gasteiger partial charge in [-0.3, -0.25) is 0 Å². The molecule has 20 heavy (non-hydrogen) atoms. The van der Waals surface area contributed by atoms with Crippen LogP contribution in [0.4, 0.5) is 5.95 Å². The molecule has 0 radical (unpaired) electrons. The van der Waals surface area contributed by atoms with E-state index in [-0.39, 0.29) is 18.1 Å². The van der Waals surface area contributed by atoms with Crippen LogP contribution in [0.5, 0.6) is 12.0 Å². The highest BCUT2D eigenvalue weighted by Crippen LogP contribution is 2.19. The molecule has 7 nitrogen and oxygen atoms in total. The third kappa shape index (κ3) is 3.47. The fourth-order valence-electron chi connectivity index (χ4n) is 2.31. The van der Waals surface area contributed by atoms with Crippen LogP contribution in [0.2, 0.25) is 0 Å². The molecule has 0 aromatic carbocycles. The molecule has 1 fully saturated rings. The van der Waals surface area contributed by atoms with Gasteiger partial charge in [-0.2, -0.15) is 9.97 Å². The van der Waals surface area contributed by atoms with Gasteiger partial charge in [0, 0.05) is 18.6 Å². The van der Waals surface area contributed by atoms with Crippen molar-refractivity contribution in [1.29, 1.82) is 0 Å². The molecular weight excluding hydrogens is 258 g/mol. The van der Waals surface area contributed by atoms with E-state index in [4.69, 9.17) is 9.47 Å². The van der Waals surface area contributed by atoms with E-state index in [1.165, 1.54) is 27.1 Å². The van der Waals surface area contributed by atoms with Gasteiger partial charge < -0.3 is 19.7 Å². The van der Waals surface area contributed by atoms with E-state index in [0.717, 1.165) is 13.1 Å². The van der Waals surface area contributed by atoms with E-state index >= 15 is 0 Å². The highest BCUT2D eigenvalue weighted by Gasteiger charge is 2.23. The molecule has 1 aromatic heterocycles. The fourth-order valence-corrected chi connectivity index (χ4v) is 2.31. The number of hydrogen-bond acceptors (Lipinski definition) is 7. The zero-order chi connectivity index (χ0) is 14.5. The standard InChI is InChI=1S/C13H23N5O2/c1-9(2)18(8-10-6-5-7-14-10)11-15-12(19-3)17-13(16-11)20-4/h9-10,14H,5-8H2,1-4H3. The van der Waals surface area contributed by atoms with Crippen molar-refractivity contribution in [3.8, 4) is 12.0 Å². The number of methoxy groups -OCH3 is 2. The van der Waals surface area contributed by atoms with Gasteiger partial charge in [-0.15, -0.1) is 4.98 Å². The van der Waals surface area contributed by atoms with Crippen molar-refractivity contribution in [1.82, 2.24) is 20.3 Å². The van der Waals surface area contributed by atoms with Gasteiger partial charge >= 0.3 is 12.0 Å². The van der Waals surface area contributed by atoms with Gasteiger partial charge in [0.1, 0.15) is 0 Å². The molecule has 1 atom stereocenters. The lowest BCUT2D eigenvalue weighted by molar-refractivity contribution is 0.339. The highest BCUT2D eigenvalue weighted by molar-refractivity contribution is 5.34. The van der Waals surface area contributed by atoms with Crippen LogP contribution >= 0.6 is 0 Å². The molecule has 1 unspecified atom stereocenters. The van der Waals surface area contributed by atoms with Crippen molar-refractivity contribution < 1.29 is 9.47 Å². The third-order valence-corrected chi connectivity index (χ3v) is 3.41. The second kappa shape index (κ2) is 6.69. The number of hydrogen-bond donors (Lipinski definition) is 1. The van der Waals surface area contributed by atoms with Crippen LogP contribution in [-0.2, 0) is 0 Å². The van der Waals surface area contributed by atoms with Crippen molar-refractivity contribution >= 4 is 5.95 Å². The van der Waals surface area contributed by atoms with Crippen molar-refractivity contribution in [2.24, 2.45) is 0 Å². The summed E-state index contributed by atoms with van der Waals surface area (Å²) in [5, 5.41) is 3.49. The van der Waals surface area contributed by atoms with Crippen LogP contribution in [-0.4, -0.2) is 54.3 Å². The lowest BCUT2D eigenvalue weighted by Gasteiger charge is -2.29. The summed E-state index contributed by atoms with van der Waals surface area (Å²) in [6.07, 6.45) is 2.41. The van der Waals surface area contributed by atoms with E-state index < -0.39 is 0 Å². The van der Waals surface area contributed by atoms with Crippen LogP contribution in [0.3, 0.4) is 0 Å². The summed E-state index contributed by atoms with van der Waals surface area (Å²) < 4.78 is 10.2. The summed E-state index contributed by atoms with van der Waals surface area (Å²) in [7, 11) is 3.08. The first-order valence-corrected chi connectivity index (χ1v) is 6.98. The minimum absolute atomic E-state index is 0.275. The lowest BCUT2D eigenvalue weighted by Crippen LogP contribution is -2.42. The molecule has 1 saturated heterocycles. The topological polar surface area (TPSA) is 72.4 Å². The Morgan fingerprint density at radius 2 is 1.85 bits per heavy atom. The zero-order valence-corrected chi connectivity index (χ0v) is 12.6. The average molecular weight is 281 g/mol. The average Bonchev–Trinajstić information content (AvgIpc) is 2.96. The van der Waals surface area contributed by atoms with E-state index in [1.807, 2.05) is 0 Å². The SMILES string of the molecule is COc1nc(OC)nc(N(CC2CCCN2)C(C)C)n1. The molecule has 0 bridgehead atoms. The molecule has 7 heteroatoms. The largest absolute Gasteiger partial charge is 0.467 e. The summed E-state index contributed by atoms with van der Waals surface area (Å²) in [4.78, 5) is 14.9. The predicted octanol–water partition coefficient (Wildman–Crippen LogP) is 0.856. The van der Waals surface area contributed by atoms with E-state index in [2.05, 4.69) is 39.0 Å². The van der Waals surface area contributed by atoms with Crippen LogP contribution in [0, 0.1) is 0 Å². The molecular formula is C13H23N5O2. The van der Waals surface area contributed by atoms with Crippen LogP contribution < -0.4 is 19.7 Å². The molecule has 1 N–H and O–H groups in total. The van der Waals surface area contributed by atoms with E-state index in [0.29, 0.717) is 12.0 Å². The molecule has 1 aliphatic rings. The highest BCUT2D eigenvalue weighted by atomic mass is 16.5. The first kappa shape index (κ1) is 14.8. The van der Waals surface area contributed by atoms with E-state index in [1.54, 1.807) is 0 Å².